The summed E-state index contributed by atoms with van der Waals surface area (Å²) in [6, 6.07) is 6.21. The monoisotopic (exact) mass is 250 g/mol. The average Bonchev–Trinajstić information content (AvgIpc) is 2.42. The summed E-state index contributed by atoms with van der Waals surface area (Å²) in [7, 11) is 2.13. The number of rotatable bonds is 6. The molecule has 4 nitrogen and oxygen atoms in total. The highest BCUT2D eigenvalue weighted by molar-refractivity contribution is 5.43. The van der Waals surface area contributed by atoms with Crippen LogP contribution >= 0.6 is 0 Å². The van der Waals surface area contributed by atoms with E-state index in [-0.39, 0.29) is 0 Å². The number of fused-ring (bicyclic) bond motifs is 1. The molecule has 0 saturated carbocycles. The van der Waals surface area contributed by atoms with Gasteiger partial charge in [0.15, 0.2) is 11.5 Å². The minimum absolute atomic E-state index is 0.646. The molecule has 2 rings (SSSR count). The lowest BCUT2D eigenvalue weighted by atomic mass is 10.1. The van der Waals surface area contributed by atoms with Crippen molar-refractivity contribution in [1.29, 1.82) is 0 Å². The molecule has 4 heteroatoms. The number of hydrogen-bond acceptors (Lipinski definition) is 4. The molecule has 0 amide bonds. The van der Waals surface area contributed by atoms with Gasteiger partial charge in [-0.3, -0.25) is 0 Å². The Balaban J connectivity index is 1.86. The molecule has 1 aliphatic heterocycles. The normalized spacial score (nSPS) is 13.9. The second-order valence-corrected chi connectivity index (χ2v) is 4.67. The molecule has 0 bridgehead atoms. The van der Waals surface area contributed by atoms with E-state index >= 15 is 0 Å². The number of ether oxygens (including phenoxy) is 2. The van der Waals surface area contributed by atoms with Crippen molar-refractivity contribution in [3.05, 3.63) is 23.8 Å². The summed E-state index contributed by atoms with van der Waals surface area (Å²) in [5, 5.41) is 0. The molecule has 0 aromatic heterocycles. The minimum atomic E-state index is 0.646. The first-order valence-corrected chi connectivity index (χ1v) is 6.57. The summed E-state index contributed by atoms with van der Waals surface area (Å²) < 4.78 is 11.1. The second-order valence-electron chi connectivity index (χ2n) is 4.67. The van der Waals surface area contributed by atoms with E-state index in [1.807, 2.05) is 6.07 Å². The van der Waals surface area contributed by atoms with Crippen LogP contribution in [0.2, 0.25) is 0 Å². The lowest BCUT2D eigenvalue weighted by Gasteiger charge is -2.20. The molecule has 0 saturated heterocycles. The van der Waals surface area contributed by atoms with Crippen molar-refractivity contribution in [2.45, 2.75) is 12.8 Å². The Bertz CT molecular complexity index is 382. The molecule has 0 fully saturated rings. The van der Waals surface area contributed by atoms with E-state index in [0.29, 0.717) is 13.2 Å². The van der Waals surface area contributed by atoms with Gasteiger partial charge in [0, 0.05) is 6.54 Å². The Morgan fingerprint density at radius 2 is 1.94 bits per heavy atom. The molecule has 18 heavy (non-hydrogen) atoms. The van der Waals surface area contributed by atoms with E-state index < -0.39 is 0 Å². The quantitative estimate of drug-likeness (QED) is 0.826. The van der Waals surface area contributed by atoms with Gasteiger partial charge in [-0.25, -0.2) is 0 Å². The maximum absolute atomic E-state index is 5.58. The Morgan fingerprint density at radius 3 is 2.72 bits per heavy atom. The molecule has 0 atom stereocenters. The first kappa shape index (κ1) is 13.2. The molecule has 0 aliphatic carbocycles. The molecule has 1 heterocycles. The molecular weight excluding hydrogens is 228 g/mol. The Labute approximate surface area is 109 Å². The van der Waals surface area contributed by atoms with Gasteiger partial charge in [0.05, 0.1) is 0 Å². The van der Waals surface area contributed by atoms with Gasteiger partial charge >= 0.3 is 0 Å². The van der Waals surface area contributed by atoms with Crippen molar-refractivity contribution in [3.63, 3.8) is 0 Å². The Kier molecular flexibility index (Phi) is 4.84. The highest BCUT2D eigenvalue weighted by atomic mass is 16.6. The maximum Gasteiger partial charge on any atom is 0.161 e. The standard InChI is InChI=1S/C14H22N2O2/c1-16(7-2-6-15)8-5-12-3-4-13-14(11-12)18-10-9-17-13/h3-4,11H,2,5-10,15H2,1H3. The fraction of sp³-hybridized carbons (Fsp3) is 0.571. The summed E-state index contributed by atoms with van der Waals surface area (Å²) in [5.41, 5.74) is 6.79. The lowest BCUT2D eigenvalue weighted by Crippen LogP contribution is -2.24. The largest absolute Gasteiger partial charge is 0.486 e. The third kappa shape index (κ3) is 3.62. The molecule has 1 aliphatic rings. The van der Waals surface area contributed by atoms with Crippen LogP contribution in [0, 0.1) is 0 Å². The van der Waals surface area contributed by atoms with Gasteiger partial charge in [-0.1, -0.05) is 6.07 Å². The zero-order valence-corrected chi connectivity index (χ0v) is 11.0. The average molecular weight is 250 g/mol. The Hall–Kier alpha value is -1.26. The van der Waals surface area contributed by atoms with Crippen LogP contribution in [0.25, 0.3) is 0 Å². The summed E-state index contributed by atoms with van der Waals surface area (Å²) in [6.45, 7) is 4.15. The third-order valence-corrected chi connectivity index (χ3v) is 3.13. The zero-order chi connectivity index (χ0) is 12.8. The van der Waals surface area contributed by atoms with Crippen LogP contribution in [0.5, 0.6) is 11.5 Å². The predicted octanol–water partition coefficient (Wildman–Crippen LogP) is 1.28. The molecule has 1 aromatic rings. The molecular formula is C14H22N2O2. The highest BCUT2D eigenvalue weighted by Gasteiger charge is 2.11. The van der Waals surface area contributed by atoms with Crippen LogP contribution in [0.4, 0.5) is 0 Å². The van der Waals surface area contributed by atoms with Gasteiger partial charge in [-0.2, -0.15) is 0 Å². The van der Waals surface area contributed by atoms with Gasteiger partial charge in [0.1, 0.15) is 13.2 Å². The SMILES string of the molecule is CN(CCCN)CCc1ccc2c(c1)OCCO2. The number of nitrogens with zero attached hydrogens (tertiary/aromatic N) is 1. The van der Waals surface area contributed by atoms with E-state index in [1.165, 1.54) is 5.56 Å². The van der Waals surface area contributed by atoms with Gasteiger partial charge < -0.3 is 20.1 Å². The van der Waals surface area contributed by atoms with Crippen molar-refractivity contribution in [3.8, 4) is 11.5 Å². The molecule has 0 unspecified atom stereocenters. The molecule has 0 spiro atoms. The van der Waals surface area contributed by atoms with E-state index in [2.05, 4.69) is 24.1 Å². The molecule has 1 aromatic carbocycles. The number of hydrogen-bond donors (Lipinski definition) is 1. The number of nitrogens with two attached hydrogens (primary N) is 1. The van der Waals surface area contributed by atoms with Gasteiger partial charge in [0.25, 0.3) is 0 Å². The minimum Gasteiger partial charge on any atom is -0.486 e. The van der Waals surface area contributed by atoms with Crippen molar-refractivity contribution in [1.82, 2.24) is 4.90 Å². The van der Waals surface area contributed by atoms with E-state index in [4.69, 9.17) is 15.2 Å². The van der Waals surface area contributed by atoms with Crippen LogP contribution in [0.1, 0.15) is 12.0 Å². The summed E-state index contributed by atoms with van der Waals surface area (Å²) >= 11 is 0. The van der Waals surface area contributed by atoms with Crippen LogP contribution in [0.15, 0.2) is 18.2 Å². The van der Waals surface area contributed by atoms with E-state index in [9.17, 15) is 0 Å². The van der Waals surface area contributed by atoms with Crippen molar-refractivity contribution < 1.29 is 9.47 Å². The maximum atomic E-state index is 5.58. The van der Waals surface area contributed by atoms with Crippen LogP contribution in [0.3, 0.4) is 0 Å². The molecule has 2 N–H and O–H groups in total. The van der Waals surface area contributed by atoms with E-state index in [1.54, 1.807) is 0 Å². The van der Waals surface area contributed by atoms with Gasteiger partial charge in [-0.05, 0) is 50.7 Å². The second kappa shape index (κ2) is 6.61. The molecule has 0 radical (unpaired) electrons. The molecule has 100 valence electrons. The van der Waals surface area contributed by atoms with Crippen molar-refractivity contribution >= 4 is 0 Å². The number of benzene rings is 1. The van der Waals surface area contributed by atoms with E-state index in [0.717, 1.165) is 44.0 Å². The summed E-state index contributed by atoms with van der Waals surface area (Å²) in [4.78, 5) is 2.31. The van der Waals surface area contributed by atoms with Crippen molar-refractivity contribution in [2.75, 3.05) is 39.9 Å². The Morgan fingerprint density at radius 1 is 1.17 bits per heavy atom. The highest BCUT2D eigenvalue weighted by Crippen LogP contribution is 2.30. The van der Waals surface area contributed by atoms with Crippen molar-refractivity contribution in [2.24, 2.45) is 5.73 Å². The topological polar surface area (TPSA) is 47.7 Å². The summed E-state index contributed by atoms with van der Waals surface area (Å²) in [6.07, 6.45) is 2.08. The predicted molar refractivity (Wildman–Crippen MR) is 72.3 cm³/mol. The fourth-order valence-electron chi connectivity index (χ4n) is 2.04. The summed E-state index contributed by atoms with van der Waals surface area (Å²) in [5.74, 6) is 1.74. The first-order chi connectivity index (χ1) is 8.79. The first-order valence-electron chi connectivity index (χ1n) is 6.57. The van der Waals surface area contributed by atoms with Crippen LogP contribution < -0.4 is 15.2 Å². The number of likely N-dealkylation sites (N-methyl/N-ethyl adjacent to an activating group) is 1. The third-order valence-electron chi connectivity index (χ3n) is 3.13. The van der Waals surface area contributed by atoms with Gasteiger partial charge in [-0.15, -0.1) is 0 Å². The smallest absolute Gasteiger partial charge is 0.161 e. The zero-order valence-electron chi connectivity index (χ0n) is 11.0. The lowest BCUT2D eigenvalue weighted by molar-refractivity contribution is 0.171. The van der Waals surface area contributed by atoms with Crippen LogP contribution in [-0.2, 0) is 6.42 Å². The fourth-order valence-corrected chi connectivity index (χ4v) is 2.04. The van der Waals surface area contributed by atoms with Crippen LogP contribution in [-0.4, -0.2) is 44.8 Å². The van der Waals surface area contributed by atoms with Gasteiger partial charge in [0.2, 0.25) is 0 Å².